The lowest BCUT2D eigenvalue weighted by Crippen LogP contribution is -2.46. The van der Waals surface area contributed by atoms with Gasteiger partial charge in [0.05, 0.1) is 0 Å². The van der Waals surface area contributed by atoms with Crippen LogP contribution in [-0.2, 0) is 6.42 Å². The Kier molecular flexibility index (Phi) is 2.91. The minimum Gasteiger partial charge on any atom is -0.323 e. The molecule has 3 rings (SSSR count). The molecular formula is C15H23N3. The van der Waals surface area contributed by atoms with Crippen molar-refractivity contribution in [2.24, 2.45) is 11.1 Å². The zero-order chi connectivity index (χ0) is 12.8. The number of hydrogen-bond acceptors (Lipinski definition) is 3. The van der Waals surface area contributed by atoms with Gasteiger partial charge in [-0.2, -0.15) is 0 Å². The van der Waals surface area contributed by atoms with E-state index in [-0.39, 0.29) is 6.04 Å². The zero-order valence-corrected chi connectivity index (χ0v) is 11.4. The van der Waals surface area contributed by atoms with Crippen LogP contribution in [0.15, 0.2) is 18.5 Å². The van der Waals surface area contributed by atoms with Crippen LogP contribution in [0.3, 0.4) is 0 Å². The minimum atomic E-state index is 0.213. The third-order valence-corrected chi connectivity index (χ3v) is 5.00. The minimum absolute atomic E-state index is 0.213. The number of hydrogen-bond donors (Lipinski definition) is 1. The second-order valence-corrected chi connectivity index (χ2v) is 6.22. The summed E-state index contributed by atoms with van der Waals surface area (Å²) in [7, 11) is 0. The predicted octanol–water partition coefficient (Wildman–Crippen LogP) is 2.13. The van der Waals surface area contributed by atoms with Gasteiger partial charge in [-0.15, -0.1) is 0 Å². The largest absolute Gasteiger partial charge is 0.323 e. The smallest absolute Gasteiger partial charge is 0.0360 e. The number of piperidine rings is 1. The van der Waals surface area contributed by atoms with Gasteiger partial charge in [-0.3, -0.25) is 4.98 Å². The average Bonchev–Trinajstić information content (AvgIpc) is 2.64. The summed E-state index contributed by atoms with van der Waals surface area (Å²) in [6.07, 6.45) is 7.46. The summed E-state index contributed by atoms with van der Waals surface area (Å²) >= 11 is 0. The number of fused-ring (bicyclic) bond motifs is 1. The maximum atomic E-state index is 6.53. The number of likely N-dealkylation sites (tertiary alicyclic amines) is 1. The monoisotopic (exact) mass is 245 g/mol. The molecule has 98 valence electrons. The molecule has 0 aromatic carbocycles. The van der Waals surface area contributed by atoms with Gasteiger partial charge < -0.3 is 10.6 Å². The van der Waals surface area contributed by atoms with Gasteiger partial charge in [-0.05, 0) is 68.8 Å². The van der Waals surface area contributed by atoms with Crippen molar-refractivity contribution in [2.45, 2.75) is 45.2 Å². The first-order valence-corrected chi connectivity index (χ1v) is 7.05. The quantitative estimate of drug-likeness (QED) is 0.824. The molecular weight excluding hydrogens is 222 g/mol. The summed E-state index contributed by atoms with van der Waals surface area (Å²) in [6.45, 7) is 6.94. The molecule has 0 radical (unpaired) electrons. The fourth-order valence-corrected chi connectivity index (χ4v) is 3.68. The molecule has 3 heteroatoms. The second kappa shape index (κ2) is 4.32. The summed E-state index contributed by atoms with van der Waals surface area (Å²) in [5.74, 6) is 0. The fourth-order valence-electron chi connectivity index (χ4n) is 3.68. The Morgan fingerprint density at radius 1 is 1.39 bits per heavy atom. The first-order chi connectivity index (χ1) is 8.62. The highest BCUT2D eigenvalue weighted by Gasteiger charge is 2.45. The summed E-state index contributed by atoms with van der Waals surface area (Å²) < 4.78 is 0. The van der Waals surface area contributed by atoms with Crippen LogP contribution in [0.4, 0.5) is 0 Å². The van der Waals surface area contributed by atoms with Crippen molar-refractivity contribution in [1.29, 1.82) is 0 Å². The lowest BCUT2D eigenvalue weighted by molar-refractivity contribution is 0.0710. The highest BCUT2D eigenvalue weighted by Crippen LogP contribution is 2.50. The van der Waals surface area contributed by atoms with E-state index in [0.29, 0.717) is 11.5 Å². The van der Waals surface area contributed by atoms with Gasteiger partial charge >= 0.3 is 0 Å². The lowest BCUT2D eigenvalue weighted by atomic mass is 9.73. The van der Waals surface area contributed by atoms with Crippen LogP contribution in [0.25, 0.3) is 0 Å². The van der Waals surface area contributed by atoms with E-state index in [0.717, 1.165) is 6.42 Å². The normalized spacial score (nSPS) is 26.8. The molecule has 0 unspecified atom stereocenters. The molecule has 0 saturated carbocycles. The van der Waals surface area contributed by atoms with Crippen LogP contribution in [0.5, 0.6) is 0 Å². The molecule has 1 aromatic rings. The van der Waals surface area contributed by atoms with Gasteiger partial charge in [0.2, 0.25) is 0 Å². The Hall–Kier alpha value is -0.930. The Labute approximate surface area is 109 Å². The molecule has 1 fully saturated rings. The number of nitrogens with two attached hydrogens (primary N) is 1. The van der Waals surface area contributed by atoms with E-state index >= 15 is 0 Å². The van der Waals surface area contributed by atoms with Gasteiger partial charge in [-0.25, -0.2) is 0 Å². The lowest BCUT2D eigenvalue weighted by Gasteiger charge is -2.43. The van der Waals surface area contributed by atoms with Gasteiger partial charge in [0, 0.05) is 24.5 Å². The van der Waals surface area contributed by atoms with Crippen molar-refractivity contribution in [3.63, 3.8) is 0 Å². The van der Waals surface area contributed by atoms with Crippen LogP contribution in [0.2, 0.25) is 0 Å². The topological polar surface area (TPSA) is 42.2 Å². The molecule has 0 amide bonds. The van der Waals surface area contributed by atoms with E-state index in [1.165, 1.54) is 37.1 Å². The van der Waals surface area contributed by atoms with Gasteiger partial charge in [0.15, 0.2) is 0 Å². The van der Waals surface area contributed by atoms with Crippen LogP contribution >= 0.6 is 0 Å². The standard InChI is InChI=1S/C15H23N3/c1-11(2)18-7-4-15(5-8-18)9-12-10-17-6-3-13(12)14(15)16/h3,6,10-11,14H,4-5,7-9,16H2,1-2H3/t14-/m0/s1. The molecule has 2 heterocycles. The maximum absolute atomic E-state index is 6.53. The summed E-state index contributed by atoms with van der Waals surface area (Å²) in [5, 5.41) is 0. The first kappa shape index (κ1) is 12.1. The highest BCUT2D eigenvalue weighted by molar-refractivity contribution is 5.36. The Morgan fingerprint density at radius 2 is 2.11 bits per heavy atom. The van der Waals surface area contributed by atoms with E-state index in [2.05, 4.69) is 29.8 Å². The molecule has 2 aliphatic rings. The summed E-state index contributed by atoms with van der Waals surface area (Å²) in [5.41, 5.74) is 9.55. The van der Waals surface area contributed by atoms with Crippen molar-refractivity contribution in [1.82, 2.24) is 9.88 Å². The van der Waals surface area contributed by atoms with E-state index in [1.54, 1.807) is 0 Å². The number of rotatable bonds is 1. The second-order valence-electron chi connectivity index (χ2n) is 6.22. The zero-order valence-electron chi connectivity index (χ0n) is 11.4. The number of nitrogens with zero attached hydrogens (tertiary/aromatic N) is 2. The number of aromatic nitrogens is 1. The molecule has 0 bridgehead atoms. The Balaban J connectivity index is 1.80. The highest BCUT2D eigenvalue weighted by atomic mass is 15.2. The van der Waals surface area contributed by atoms with Gasteiger partial charge in [0.25, 0.3) is 0 Å². The van der Waals surface area contributed by atoms with Crippen molar-refractivity contribution in [3.05, 3.63) is 29.6 Å². The van der Waals surface area contributed by atoms with Crippen LogP contribution in [0.1, 0.15) is 43.9 Å². The van der Waals surface area contributed by atoms with E-state index in [9.17, 15) is 0 Å². The first-order valence-electron chi connectivity index (χ1n) is 7.05. The molecule has 18 heavy (non-hydrogen) atoms. The molecule has 1 aliphatic carbocycles. The molecule has 1 saturated heterocycles. The molecule has 1 spiro atoms. The molecule has 1 atom stereocenters. The van der Waals surface area contributed by atoms with Crippen LogP contribution < -0.4 is 5.73 Å². The third-order valence-electron chi connectivity index (χ3n) is 5.00. The van der Waals surface area contributed by atoms with Crippen molar-refractivity contribution in [2.75, 3.05) is 13.1 Å². The van der Waals surface area contributed by atoms with Crippen LogP contribution in [-0.4, -0.2) is 29.0 Å². The SMILES string of the molecule is CC(C)N1CCC2(CC1)Cc1cnccc1[C@@H]2N. The van der Waals surface area contributed by atoms with Crippen LogP contribution in [0, 0.1) is 5.41 Å². The summed E-state index contributed by atoms with van der Waals surface area (Å²) in [4.78, 5) is 6.81. The third kappa shape index (κ3) is 1.77. The van der Waals surface area contributed by atoms with E-state index < -0.39 is 0 Å². The average molecular weight is 245 g/mol. The van der Waals surface area contributed by atoms with Gasteiger partial charge in [0.1, 0.15) is 0 Å². The fraction of sp³-hybridized carbons (Fsp3) is 0.667. The molecule has 1 aromatic heterocycles. The van der Waals surface area contributed by atoms with Crippen molar-refractivity contribution >= 4 is 0 Å². The van der Waals surface area contributed by atoms with E-state index in [4.69, 9.17) is 5.73 Å². The Morgan fingerprint density at radius 3 is 2.72 bits per heavy atom. The van der Waals surface area contributed by atoms with Crippen molar-refractivity contribution < 1.29 is 0 Å². The van der Waals surface area contributed by atoms with Gasteiger partial charge in [-0.1, -0.05) is 0 Å². The number of pyridine rings is 1. The molecule has 1 aliphatic heterocycles. The molecule has 2 N–H and O–H groups in total. The van der Waals surface area contributed by atoms with Crippen molar-refractivity contribution in [3.8, 4) is 0 Å². The Bertz CT molecular complexity index is 433. The predicted molar refractivity (Wildman–Crippen MR) is 73.2 cm³/mol. The summed E-state index contributed by atoms with van der Waals surface area (Å²) in [6, 6.07) is 2.98. The van der Waals surface area contributed by atoms with E-state index in [1.807, 2.05) is 12.4 Å². The maximum Gasteiger partial charge on any atom is 0.0360 e. The molecule has 3 nitrogen and oxygen atoms in total.